The minimum atomic E-state index is -4.22. The molecule has 4 aliphatic carbocycles. The number of ether oxygens (including phenoxy) is 1. The predicted molar refractivity (Wildman–Crippen MR) is 81.7 cm³/mol. The highest BCUT2D eigenvalue weighted by molar-refractivity contribution is 7.87. The molecule has 0 radical (unpaired) electrons. The van der Waals surface area contributed by atoms with E-state index in [1.165, 1.54) is 46.0 Å². The molecule has 0 aromatic heterocycles. The van der Waals surface area contributed by atoms with Crippen molar-refractivity contribution in [3.8, 4) is 0 Å². The average Bonchev–Trinajstić information content (AvgIpc) is 2.38. The summed E-state index contributed by atoms with van der Waals surface area (Å²) < 4.78 is 35.3. The molecule has 0 spiro atoms. The van der Waals surface area contributed by atoms with Crippen molar-refractivity contribution < 1.29 is 22.5 Å². The summed E-state index contributed by atoms with van der Waals surface area (Å²) in [5.41, 5.74) is 0. The number of carbonyl (C=O) groups is 1. The van der Waals surface area contributed by atoms with Crippen molar-refractivity contribution in [3.05, 3.63) is 0 Å². The normalized spacial score (nSPS) is 37.3. The van der Waals surface area contributed by atoms with E-state index in [0.29, 0.717) is 24.2 Å². The molecule has 4 saturated carbocycles. The second-order valence-corrected chi connectivity index (χ2v) is 10.2. The van der Waals surface area contributed by atoms with Gasteiger partial charge >= 0.3 is 5.97 Å². The zero-order valence-electron chi connectivity index (χ0n) is 13.3. The van der Waals surface area contributed by atoms with Crippen LogP contribution in [-0.2, 0) is 19.6 Å². The highest BCUT2D eigenvalue weighted by atomic mass is 32.2. The molecule has 0 aromatic rings. The molecule has 4 rings (SSSR count). The van der Waals surface area contributed by atoms with E-state index >= 15 is 0 Å². The monoisotopic (exact) mass is 330 g/mol. The van der Waals surface area contributed by atoms with E-state index in [-0.39, 0.29) is 12.6 Å². The summed E-state index contributed by atoms with van der Waals surface area (Å²) in [6.45, 7) is 2.43. The van der Waals surface area contributed by atoms with E-state index in [0.717, 1.165) is 11.8 Å². The molecule has 0 atom stereocenters. The Balaban J connectivity index is 1.54. The van der Waals surface area contributed by atoms with Gasteiger partial charge in [-0.05, 0) is 75.5 Å². The fourth-order valence-corrected chi connectivity index (χ4v) is 5.16. The quantitative estimate of drug-likeness (QED) is 0.619. The Bertz CT molecular complexity index is 523. The number of esters is 1. The zero-order valence-corrected chi connectivity index (χ0v) is 14.1. The molecule has 4 bridgehead atoms. The topological polar surface area (TPSA) is 80.7 Å². The highest BCUT2D eigenvalue weighted by Gasteiger charge is 2.48. The second-order valence-electron chi connectivity index (χ2n) is 8.19. The molecule has 0 aromatic carbocycles. The Labute approximate surface area is 132 Å². The van der Waals surface area contributed by atoms with E-state index in [1.807, 2.05) is 0 Å². The summed E-state index contributed by atoms with van der Waals surface area (Å²) in [4.78, 5) is 12.1. The van der Waals surface area contributed by atoms with Crippen LogP contribution in [0.2, 0.25) is 0 Å². The molecule has 0 aliphatic heterocycles. The molecule has 4 aliphatic rings. The summed E-state index contributed by atoms with van der Waals surface area (Å²) in [7, 11) is -4.22. The minimum absolute atomic E-state index is 0.294. The third-order valence-electron chi connectivity index (χ3n) is 6.10. The van der Waals surface area contributed by atoms with Crippen LogP contribution in [-0.4, -0.2) is 30.3 Å². The van der Waals surface area contributed by atoms with Gasteiger partial charge in [0.25, 0.3) is 10.1 Å². The molecule has 0 amide bonds. The first kappa shape index (κ1) is 16.2. The van der Waals surface area contributed by atoms with Crippen LogP contribution in [0.15, 0.2) is 0 Å². The van der Waals surface area contributed by atoms with Crippen LogP contribution >= 0.6 is 0 Å². The molecule has 0 heterocycles. The standard InChI is InChI=1S/C16H26O5S/c1-16(2,22(18,19)20)9-21-15(17)8-14-12-4-10-3-11(6-12)7-13(14)5-10/h10-14H,3-9H2,1-2H3,(H,18,19,20). The van der Waals surface area contributed by atoms with Crippen molar-refractivity contribution in [2.75, 3.05) is 6.61 Å². The Hall–Kier alpha value is -0.620. The Morgan fingerprint density at radius 1 is 1.09 bits per heavy atom. The minimum Gasteiger partial charge on any atom is -0.464 e. The lowest BCUT2D eigenvalue weighted by Gasteiger charge is -2.54. The largest absolute Gasteiger partial charge is 0.464 e. The predicted octanol–water partition coefficient (Wildman–Crippen LogP) is 2.66. The van der Waals surface area contributed by atoms with E-state index in [4.69, 9.17) is 9.29 Å². The van der Waals surface area contributed by atoms with Gasteiger partial charge < -0.3 is 4.74 Å². The van der Waals surface area contributed by atoms with Crippen LogP contribution in [0.4, 0.5) is 0 Å². The first-order valence-corrected chi connectivity index (χ1v) is 9.72. The molecular formula is C16H26O5S. The van der Waals surface area contributed by atoms with Gasteiger partial charge in [-0.2, -0.15) is 8.42 Å². The lowest BCUT2D eigenvalue weighted by atomic mass is 9.51. The SMILES string of the molecule is CC(C)(COC(=O)CC1C2CC3CC(C2)CC1C3)S(=O)(=O)O. The summed E-state index contributed by atoms with van der Waals surface area (Å²) in [5, 5.41) is 0. The maximum atomic E-state index is 12.1. The van der Waals surface area contributed by atoms with Crippen LogP contribution < -0.4 is 0 Å². The van der Waals surface area contributed by atoms with Gasteiger partial charge in [-0.1, -0.05) is 0 Å². The summed E-state index contributed by atoms with van der Waals surface area (Å²) in [6, 6.07) is 0. The van der Waals surface area contributed by atoms with Gasteiger partial charge in [0.05, 0.1) is 0 Å². The maximum absolute atomic E-state index is 12.1. The lowest BCUT2D eigenvalue weighted by Crippen LogP contribution is -2.46. The fraction of sp³-hybridized carbons (Fsp3) is 0.938. The average molecular weight is 330 g/mol. The van der Waals surface area contributed by atoms with Crippen LogP contribution in [0.1, 0.15) is 52.4 Å². The Kier molecular flexibility index (Phi) is 4.05. The van der Waals surface area contributed by atoms with Gasteiger partial charge in [0.2, 0.25) is 0 Å². The Morgan fingerprint density at radius 3 is 2.05 bits per heavy atom. The smallest absolute Gasteiger partial charge is 0.306 e. The number of rotatable bonds is 5. The van der Waals surface area contributed by atoms with Crippen molar-refractivity contribution >= 4 is 16.1 Å². The molecule has 5 nitrogen and oxygen atoms in total. The fourth-order valence-electron chi connectivity index (χ4n) is 4.95. The highest BCUT2D eigenvalue weighted by Crippen LogP contribution is 2.57. The van der Waals surface area contributed by atoms with Gasteiger partial charge in [-0.3, -0.25) is 9.35 Å². The zero-order chi connectivity index (χ0) is 16.1. The molecule has 22 heavy (non-hydrogen) atoms. The molecule has 0 saturated heterocycles. The van der Waals surface area contributed by atoms with Crippen LogP contribution in [0.3, 0.4) is 0 Å². The van der Waals surface area contributed by atoms with Gasteiger partial charge in [0.15, 0.2) is 0 Å². The maximum Gasteiger partial charge on any atom is 0.306 e. The molecular weight excluding hydrogens is 304 g/mol. The summed E-state index contributed by atoms with van der Waals surface area (Å²) in [5.74, 6) is 3.13. The third kappa shape index (κ3) is 3.04. The number of hydrogen-bond donors (Lipinski definition) is 1. The second kappa shape index (κ2) is 5.48. The van der Waals surface area contributed by atoms with E-state index in [2.05, 4.69) is 0 Å². The molecule has 6 heteroatoms. The summed E-state index contributed by atoms with van der Waals surface area (Å²) >= 11 is 0. The Morgan fingerprint density at radius 2 is 1.59 bits per heavy atom. The van der Waals surface area contributed by atoms with Crippen molar-refractivity contribution in [2.24, 2.45) is 29.6 Å². The van der Waals surface area contributed by atoms with E-state index in [1.54, 1.807) is 0 Å². The van der Waals surface area contributed by atoms with E-state index < -0.39 is 14.9 Å². The van der Waals surface area contributed by atoms with Crippen molar-refractivity contribution in [1.29, 1.82) is 0 Å². The lowest BCUT2D eigenvalue weighted by molar-refractivity contribution is -0.149. The van der Waals surface area contributed by atoms with Crippen molar-refractivity contribution in [1.82, 2.24) is 0 Å². The molecule has 4 fully saturated rings. The molecule has 126 valence electrons. The number of carbonyl (C=O) groups excluding carboxylic acids is 1. The van der Waals surface area contributed by atoms with E-state index in [9.17, 15) is 13.2 Å². The first-order valence-electron chi connectivity index (χ1n) is 8.28. The van der Waals surface area contributed by atoms with Gasteiger partial charge in [-0.25, -0.2) is 0 Å². The van der Waals surface area contributed by atoms with Crippen LogP contribution in [0, 0.1) is 29.6 Å². The van der Waals surface area contributed by atoms with Crippen LogP contribution in [0.25, 0.3) is 0 Å². The van der Waals surface area contributed by atoms with Gasteiger partial charge in [-0.15, -0.1) is 0 Å². The van der Waals surface area contributed by atoms with Crippen LogP contribution in [0.5, 0.6) is 0 Å². The summed E-state index contributed by atoms with van der Waals surface area (Å²) in [6.07, 6.45) is 6.79. The van der Waals surface area contributed by atoms with Gasteiger partial charge in [0.1, 0.15) is 11.4 Å². The first-order chi connectivity index (χ1) is 10.2. The van der Waals surface area contributed by atoms with Gasteiger partial charge in [0, 0.05) is 6.42 Å². The molecule has 1 N–H and O–H groups in total. The number of hydrogen-bond acceptors (Lipinski definition) is 4. The van der Waals surface area contributed by atoms with Crippen molar-refractivity contribution in [3.63, 3.8) is 0 Å². The van der Waals surface area contributed by atoms with Crippen molar-refractivity contribution in [2.45, 2.75) is 57.1 Å². The third-order valence-corrected chi connectivity index (χ3v) is 7.62. The molecule has 0 unspecified atom stereocenters.